The van der Waals surface area contributed by atoms with Crippen molar-refractivity contribution in [2.75, 3.05) is 36.9 Å². The summed E-state index contributed by atoms with van der Waals surface area (Å²) in [7, 11) is 0. The average Bonchev–Trinajstić information content (AvgIpc) is 2.07. The lowest BCUT2D eigenvalue weighted by molar-refractivity contribution is 0.298. The van der Waals surface area contributed by atoms with Crippen LogP contribution in [0.1, 0.15) is 12.8 Å². The van der Waals surface area contributed by atoms with Gasteiger partial charge in [-0.2, -0.15) is 24.4 Å². The van der Waals surface area contributed by atoms with E-state index in [4.69, 9.17) is 0 Å². The molecule has 3 heteroatoms. The van der Waals surface area contributed by atoms with Gasteiger partial charge in [-0.1, -0.05) is 0 Å². The lowest BCUT2D eigenvalue weighted by Crippen LogP contribution is -2.33. The SMILES string of the molecule is SCCCCN1CCSCC1. The molecule has 0 N–H and O–H groups in total. The van der Waals surface area contributed by atoms with Crippen molar-refractivity contribution in [3.8, 4) is 0 Å². The molecule has 0 amide bonds. The van der Waals surface area contributed by atoms with Crippen molar-refractivity contribution in [3.63, 3.8) is 0 Å². The number of unbranched alkanes of at least 4 members (excludes halogenated alkanes) is 1. The van der Waals surface area contributed by atoms with Crippen molar-refractivity contribution in [1.29, 1.82) is 0 Å². The molecule has 0 saturated carbocycles. The molecule has 1 heterocycles. The van der Waals surface area contributed by atoms with Crippen molar-refractivity contribution in [3.05, 3.63) is 0 Å². The zero-order chi connectivity index (χ0) is 7.94. The Balaban J connectivity index is 1.96. The maximum atomic E-state index is 4.20. The summed E-state index contributed by atoms with van der Waals surface area (Å²) < 4.78 is 0. The first-order chi connectivity index (χ1) is 5.43. The Morgan fingerprint density at radius 3 is 2.55 bits per heavy atom. The smallest absolute Gasteiger partial charge is 0.00727 e. The number of thioether (sulfide) groups is 1. The largest absolute Gasteiger partial charge is 0.302 e. The van der Waals surface area contributed by atoms with E-state index in [2.05, 4.69) is 29.3 Å². The van der Waals surface area contributed by atoms with Gasteiger partial charge in [-0.3, -0.25) is 0 Å². The highest BCUT2D eigenvalue weighted by molar-refractivity contribution is 7.99. The minimum Gasteiger partial charge on any atom is -0.302 e. The van der Waals surface area contributed by atoms with Gasteiger partial charge in [0.25, 0.3) is 0 Å². The minimum atomic E-state index is 1.04. The fraction of sp³-hybridized carbons (Fsp3) is 1.00. The summed E-state index contributed by atoms with van der Waals surface area (Å²) in [4.78, 5) is 2.57. The van der Waals surface area contributed by atoms with E-state index in [1.165, 1.54) is 44.0 Å². The molecular weight excluding hydrogens is 174 g/mol. The molecule has 0 spiro atoms. The summed E-state index contributed by atoms with van der Waals surface area (Å²) in [5, 5.41) is 0. The third-order valence-corrected chi connectivity index (χ3v) is 3.24. The number of hydrogen-bond donors (Lipinski definition) is 1. The molecule has 1 fully saturated rings. The van der Waals surface area contributed by atoms with Crippen molar-refractivity contribution in [2.45, 2.75) is 12.8 Å². The van der Waals surface area contributed by atoms with Crippen molar-refractivity contribution in [1.82, 2.24) is 4.90 Å². The van der Waals surface area contributed by atoms with E-state index in [0.717, 1.165) is 5.75 Å². The molecule has 0 aliphatic carbocycles. The molecule has 0 aromatic heterocycles. The van der Waals surface area contributed by atoms with E-state index in [9.17, 15) is 0 Å². The molecule has 1 saturated heterocycles. The summed E-state index contributed by atoms with van der Waals surface area (Å²) in [6, 6.07) is 0. The maximum absolute atomic E-state index is 4.20. The Morgan fingerprint density at radius 2 is 1.91 bits per heavy atom. The summed E-state index contributed by atoms with van der Waals surface area (Å²) >= 11 is 6.28. The summed E-state index contributed by atoms with van der Waals surface area (Å²) in [6.07, 6.45) is 2.60. The zero-order valence-corrected chi connectivity index (χ0v) is 8.67. The second-order valence-electron chi connectivity index (χ2n) is 2.88. The van der Waals surface area contributed by atoms with Gasteiger partial charge in [0.05, 0.1) is 0 Å². The first kappa shape index (κ1) is 9.75. The van der Waals surface area contributed by atoms with Crippen LogP contribution < -0.4 is 0 Å². The quantitative estimate of drug-likeness (QED) is 0.533. The molecule has 0 aromatic carbocycles. The fourth-order valence-corrected chi connectivity index (χ4v) is 2.47. The number of hydrogen-bond acceptors (Lipinski definition) is 3. The fourth-order valence-electron chi connectivity index (χ4n) is 1.27. The predicted octanol–water partition coefficient (Wildman–Crippen LogP) is 1.75. The van der Waals surface area contributed by atoms with Crippen molar-refractivity contribution in [2.24, 2.45) is 0 Å². The molecule has 0 unspecified atom stereocenters. The lowest BCUT2D eigenvalue weighted by Gasteiger charge is -2.25. The predicted molar refractivity (Wildman–Crippen MR) is 56.9 cm³/mol. The van der Waals surface area contributed by atoms with Crippen molar-refractivity contribution >= 4 is 24.4 Å². The van der Waals surface area contributed by atoms with Gasteiger partial charge in [0.1, 0.15) is 0 Å². The van der Waals surface area contributed by atoms with E-state index in [1.807, 2.05) is 0 Å². The van der Waals surface area contributed by atoms with Crippen LogP contribution in [0.15, 0.2) is 0 Å². The lowest BCUT2D eigenvalue weighted by atomic mass is 10.3. The standard InChI is InChI=1S/C8H17NS2/c10-6-2-1-3-9-4-7-11-8-5-9/h10H,1-8H2. The number of nitrogens with zero attached hydrogens (tertiary/aromatic N) is 1. The highest BCUT2D eigenvalue weighted by atomic mass is 32.2. The highest BCUT2D eigenvalue weighted by Crippen LogP contribution is 2.09. The summed E-state index contributed by atoms with van der Waals surface area (Å²) in [6.45, 7) is 3.90. The molecule has 66 valence electrons. The Hall–Kier alpha value is 0.660. The van der Waals surface area contributed by atoms with Crippen molar-refractivity contribution < 1.29 is 0 Å². The molecule has 1 aliphatic heterocycles. The number of thiol groups is 1. The Labute approximate surface area is 79.3 Å². The van der Waals surface area contributed by atoms with Crippen LogP contribution in [0.3, 0.4) is 0 Å². The Kier molecular flexibility index (Phi) is 5.50. The van der Waals surface area contributed by atoms with Crippen LogP contribution in [0.4, 0.5) is 0 Å². The Bertz CT molecular complexity index is 92.1. The van der Waals surface area contributed by atoms with Gasteiger partial charge in [-0.25, -0.2) is 0 Å². The molecule has 11 heavy (non-hydrogen) atoms. The highest BCUT2D eigenvalue weighted by Gasteiger charge is 2.08. The van der Waals surface area contributed by atoms with Gasteiger partial charge in [-0.15, -0.1) is 0 Å². The topological polar surface area (TPSA) is 3.24 Å². The van der Waals surface area contributed by atoms with Crippen LogP contribution in [0.5, 0.6) is 0 Å². The minimum absolute atomic E-state index is 1.04. The van der Waals surface area contributed by atoms with E-state index in [1.54, 1.807) is 0 Å². The first-order valence-corrected chi connectivity index (χ1v) is 6.13. The van der Waals surface area contributed by atoms with Crippen LogP contribution in [-0.2, 0) is 0 Å². The summed E-state index contributed by atoms with van der Waals surface area (Å²) in [5.74, 6) is 3.71. The molecule has 0 bridgehead atoms. The van der Waals surface area contributed by atoms with Crippen LogP contribution in [0.25, 0.3) is 0 Å². The molecule has 1 rings (SSSR count). The molecule has 0 atom stereocenters. The first-order valence-electron chi connectivity index (χ1n) is 4.34. The van der Waals surface area contributed by atoms with E-state index < -0.39 is 0 Å². The molecular formula is C8H17NS2. The number of rotatable bonds is 4. The second kappa shape index (κ2) is 6.21. The molecule has 0 aromatic rings. The van der Waals surface area contributed by atoms with E-state index >= 15 is 0 Å². The van der Waals surface area contributed by atoms with Crippen LogP contribution >= 0.6 is 24.4 Å². The van der Waals surface area contributed by atoms with Gasteiger partial charge in [-0.05, 0) is 25.1 Å². The molecule has 0 radical (unpaired) electrons. The van der Waals surface area contributed by atoms with E-state index in [0.29, 0.717) is 0 Å². The third kappa shape index (κ3) is 4.28. The Morgan fingerprint density at radius 1 is 1.18 bits per heavy atom. The van der Waals surface area contributed by atoms with Crippen LogP contribution in [-0.4, -0.2) is 41.8 Å². The molecule has 1 nitrogen and oxygen atoms in total. The van der Waals surface area contributed by atoms with Gasteiger partial charge in [0.15, 0.2) is 0 Å². The average molecular weight is 191 g/mol. The summed E-state index contributed by atoms with van der Waals surface area (Å²) in [5.41, 5.74) is 0. The van der Waals surface area contributed by atoms with Gasteiger partial charge < -0.3 is 4.90 Å². The molecule has 1 aliphatic rings. The van der Waals surface area contributed by atoms with Gasteiger partial charge >= 0.3 is 0 Å². The van der Waals surface area contributed by atoms with Crippen LogP contribution in [0.2, 0.25) is 0 Å². The van der Waals surface area contributed by atoms with Gasteiger partial charge in [0, 0.05) is 24.6 Å². The zero-order valence-electron chi connectivity index (χ0n) is 6.96. The maximum Gasteiger partial charge on any atom is 0.00727 e. The second-order valence-corrected chi connectivity index (χ2v) is 4.56. The monoisotopic (exact) mass is 191 g/mol. The van der Waals surface area contributed by atoms with Crippen LogP contribution in [0, 0.1) is 0 Å². The normalized spacial score (nSPS) is 20.5. The van der Waals surface area contributed by atoms with E-state index in [-0.39, 0.29) is 0 Å². The third-order valence-electron chi connectivity index (χ3n) is 1.99. The van der Waals surface area contributed by atoms with Gasteiger partial charge in [0.2, 0.25) is 0 Å².